The molecule has 0 aliphatic heterocycles. The van der Waals surface area contributed by atoms with Gasteiger partial charge in [-0.15, -0.1) is 0 Å². The highest BCUT2D eigenvalue weighted by atomic mass is 16.6. The molecule has 0 heterocycles. The maximum Gasteiger partial charge on any atom is 0.407 e. The molecule has 180 valence electrons. The van der Waals surface area contributed by atoms with Gasteiger partial charge < -0.3 is 20.7 Å². The van der Waals surface area contributed by atoms with Gasteiger partial charge >= 0.3 is 6.09 Å². The molecule has 33 heavy (non-hydrogen) atoms. The summed E-state index contributed by atoms with van der Waals surface area (Å²) in [6.45, 7) is 8.56. The summed E-state index contributed by atoms with van der Waals surface area (Å²) in [6.07, 6.45) is 2.11. The van der Waals surface area contributed by atoms with E-state index < -0.39 is 17.2 Å². The maximum absolute atomic E-state index is 13.4. The Morgan fingerprint density at radius 1 is 0.879 bits per heavy atom. The lowest BCUT2D eigenvalue weighted by Gasteiger charge is -2.33. The van der Waals surface area contributed by atoms with Crippen LogP contribution >= 0.6 is 0 Å². The molecular weight excluding hydrogens is 414 g/mol. The zero-order valence-electron chi connectivity index (χ0n) is 20.7. The molecule has 0 radical (unpaired) electrons. The van der Waals surface area contributed by atoms with Crippen LogP contribution in [-0.2, 0) is 22.4 Å². The molecule has 0 bridgehead atoms. The van der Waals surface area contributed by atoms with Crippen molar-refractivity contribution in [3.8, 4) is 0 Å². The number of hydrogen-bond donors (Lipinski definition) is 3. The second-order valence-corrected chi connectivity index (χ2v) is 9.52. The van der Waals surface area contributed by atoms with Gasteiger partial charge in [0.25, 0.3) is 0 Å². The Balaban J connectivity index is 2.00. The Morgan fingerprint density at radius 3 is 2.15 bits per heavy atom. The van der Waals surface area contributed by atoms with Crippen molar-refractivity contribution in [2.24, 2.45) is 0 Å². The van der Waals surface area contributed by atoms with Crippen LogP contribution in [0.4, 0.5) is 4.79 Å². The summed E-state index contributed by atoms with van der Waals surface area (Å²) in [6, 6.07) is 18.4. The summed E-state index contributed by atoms with van der Waals surface area (Å²) in [4.78, 5) is 25.3. The van der Waals surface area contributed by atoms with Crippen LogP contribution in [0.25, 0.3) is 0 Å². The van der Waals surface area contributed by atoms with Crippen molar-refractivity contribution >= 4 is 12.0 Å². The Labute approximate surface area is 198 Å². The molecule has 2 amide bonds. The number of ether oxygens (including phenoxy) is 1. The summed E-state index contributed by atoms with van der Waals surface area (Å²) >= 11 is 0. The van der Waals surface area contributed by atoms with Gasteiger partial charge in [0.2, 0.25) is 5.91 Å². The van der Waals surface area contributed by atoms with E-state index >= 15 is 0 Å². The minimum absolute atomic E-state index is 0.0294. The van der Waals surface area contributed by atoms with Gasteiger partial charge in [0.1, 0.15) is 11.1 Å². The van der Waals surface area contributed by atoms with Crippen LogP contribution in [0.2, 0.25) is 0 Å². The van der Waals surface area contributed by atoms with Crippen LogP contribution in [0.15, 0.2) is 54.6 Å². The molecule has 0 aliphatic rings. The van der Waals surface area contributed by atoms with Crippen molar-refractivity contribution in [3.05, 3.63) is 71.3 Å². The van der Waals surface area contributed by atoms with E-state index in [0.717, 1.165) is 12.0 Å². The number of amides is 2. The SMILES string of the molecule is CN[C@](CCCNC(=O)OC(C)(C)C)(Cc1ccccc1)C(=O)NCCc1ccc(C)cc1. The average Bonchev–Trinajstić information content (AvgIpc) is 2.76. The van der Waals surface area contributed by atoms with Crippen LogP contribution in [0.5, 0.6) is 0 Å². The van der Waals surface area contributed by atoms with Gasteiger partial charge in [-0.25, -0.2) is 4.79 Å². The molecule has 0 spiro atoms. The minimum Gasteiger partial charge on any atom is -0.444 e. The molecule has 6 heteroatoms. The molecule has 0 aromatic heterocycles. The van der Waals surface area contributed by atoms with Crippen molar-refractivity contribution in [3.63, 3.8) is 0 Å². The highest BCUT2D eigenvalue weighted by molar-refractivity contribution is 5.86. The third kappa shape index (κ3) is 9.26. The van der Waals surface area contributed by atoms with Crippen LogP contribution in [0.3, 0.4) is 0 Å². The molecule has 0 unspecified atom stereocenters. The van der Waals surface area contributed by atoms with Crippen LogP contribution in [0.1, 0.15) is 50.3 Å². The normalized spacial score (nSPS) is 13.1. The standard InChI is InChI=1S/C27H39N3O3/c1-21-12-14-22(15-13-21)16-19-29-24(31)27(28-5,20-23-10-7-6-8-11-23)17-9-18-30-25(32)33-26(2,3)4/h6-8,10-15,28H,9,16-20H2,1-5H3,(H,29,31)(H,30,32)/t27-/m1/s1. The van der Waals surface area contributed by atoms with E-state index in [4.69, 9.17) is 4.74 Å². The fourth-order valence-electron chi connectivity index (χ4n) is 3.69. The summed E-state index contributed by atoms with van der Waals surface area (Å²) in [5.41, 5.74) is 2.19. The number of nitrogens with one attached hydrogen (secondary N) is 3. The first-order valence-electron chi connectivity index (χ1n) is 11.7. The summed E-state index contributed by atoms with van der Waals surface area (Å²) in [5, 5.41) is 9.20. The van der Waals surface area contributed by atoms with Gasteiger partial charge in [-0.1, -0.05) is 60.2 Å². The monoisotopic (exact) mass is 453 g/mol. The molecule has 3 N–H and O–H groups in total. The molecule has 2 aromatic carbocycles. The van der Waals surface area contributed by atoms with Gasteiger partial charge in [0, 0.05) is 13.1 Å². The predicted octanol–water partition coefficient (Wildman–Crippen LogP) is 4.16. The zero-order valence-corrected chi connectivity index (χ0v) is 20.7. The van der Waals surface area contributed by atoms with Crippen molar-refractivity contribution in [2.75, 3.05) is 20.1 Å². The van der Waals surface area contributed by atoms with E-state index in [-0.39, 0.29) is 5.91 Å². The summed E-state index contributed by atoms with van der Waals surface area (Å²) < 4.78 is 5.30. The number of aryl methyl sites for hydroxylation is 1. The van der Waals surface area contributed by atoms with Crippen molar-refractivity contribution < 1.29 is 14.3 Å². The maximum atomic E-state index is 13.4. The highest BCUT2D eigenvalue weighted by Gasteiger charge is 2.36. The van der Waals surface area contributed by atoms with Gasteiger partial charge in [-0.2, -0.15) is 0 Å². The van der Waals surface area contributed by atoms with E-state index in [1.165, 1.54) is 11.1 Å². The summed E-state index contributed by atoms with van der Waals surface area (Å²) in [5.74, 6) is -0.0294. The van der Waals surface area contributed by atoms with E-state index in [2.05, 4.69) is 47.1 Å². The van der Waals surface area contributed by atoms with Gasteiger partial charge in [0.15, 0.2) is 0 Å². The second-order valence-electron chi connectivity index (χ2n) is 9.52. The van der Waals surface area contributed by atoms with E-state index in [0.29, 0.717) is 32.4 Å². The van der Waals surface area contributed by atoms with Crippen LogP contribution in [-0.4, -0.2) is 43.3 Å². The first kappa shape index (κ1) is 26.4. The molecule has 1 atom stereocenters. The second kappa shape index (κ2) is 12.4. The lowest BCUT2D eigenvalue weighted by Crippen LogP contribution is -2.57. The molecular formula is C27H39N3O3. The fourth-order valence-corrected chi connectivity index (χ4v) is 3.69. The highest BCUT2D eigenvalue weighted by Crippen LogP contribution is 2.20. The Bertz CT molecular complexity index is 876. The third-order valence-electron chi connectivity index (χ3n) is 5.53. The number of carbonyl (C=O) groups is 2. The Kier molecular flexibility index (Phi) is 9.92. The minimum atomic E-state index is -0.774. The number of carbonyl (C=O) groups excluding carboxylic acids is 2. The molecule has 0 aliphatic carbocycles. The molecule has 6 nitrogen and oxygen atoms in total. The van der Waals surface area contributed by atoms with Gasteiger partial charge in [-0.05, 0) is 71.6 Å². The lowest BCUT2D eigenvalue weighted by atomic mass is 9.85. The average molecular weight is 454 g/mol. The van der Waals surface area contributed by atoms with Crippen molar-refractivity contribution in [2.45, 2.75) is 64.5 Å². The first-order valence-corrected chi connectivity index (χ1v) is 11.7. The number of likely N-dealkylation sites (N-methyl/N-ethyl adjacent to an activating group) is 1. The molecule has 2 aromatic rings. The lowest BCUT2D eigenvalue weighted by molar-refractivity contribution is -0.127. The molecule has 0 saturated heterocycles. The Morgan fingerprint density at radius 2 is 1.55 bits per heavy atom. The zero-order chi connectivity index (χ0) is 24.3. The summed E-state index contributed by atoms with van der Waals surface area (Å²) in [7, 11) is 1.82. The van der Waals surface area contributed by atoms with Crippen molar-refractivity contribution in [1.82, 2.24) is 16.0 Å². The van der Waals surface area contributed by atoms with Gasteiger partial charge in [0.05, 0.1) is 0 Å². The van der Waals surface area contributed by atoms with E-state index in [1.807, 2.05) is 58.2 Å². The largest absolute Gasteiger partial charge is 0.444 e. The van der Waals surface area contributed by atoms with Crippen LogP contribution in [0, 0.1) is 6.92 Å². The first-order chi connectivity index (χ1) is 15.6. The predicted molar refractivity (Wildman–Crippen MR) is 133 cm³/mol. The van der Waals surface area contributed by atoms with Crippen molar-refractivity contribution in [1.29, 1.82) is 0 Å². The number of rotatable bonds is 11. The molecule has 0 fully saturated rings. The smallest absolute Gasteiger partial charge is 0.407 e. The third-order valence-corrected chi connectivity index (χ3v) is 5.53. The number of hydrogen-bond acceptors (Lipinski definition) is 4. The number of benzene rings is 2. The fraction of sp³-hybridized carbons (Fsp3) is 0.481. The van der Waals surface area contributed by atoms with E-state index in [9.17, 15) is 9.59 Å². The van der Waals surface area contributed by atoms with Crippen LogP contribution < -0.4 is 16.0 Å². The number of alkyl carbamates (subject to hydrolysis) is 1. The van der Waals surface area contributed by atoms with Gasteiger partial charge in [-0.3, -0.25) is 4.79 Å². The molecule has 2 rings (SSSR count). The topological polar surface area (TPSA) is 79.5 Å². The Hall–Kier alpha value is -2.86. The van der Waals surface area contributed by atoms with E-state index in [1.54, 1.807) is 0 Å². The quantitative estimate of drug-likeness (QED) is 0.447. The molecule has 0 saturated carbocycles.